The lowest BCUT2D eigenvalue weighted by Crippen LogP contribution is -2.13. The Morgan fingerprint density at radius 3 is 2.53 bits per heavy atom. The van der Waals surface area contributed by atoms with E-state index in [2.05, 4.69) is 19.6 Å². The van der Waals surface area contributed by atoms with Crippen LogP contribution in [0.4, 0.5) is 4.39 Å². The summed E-state index contributed by atoms with van der Waals surface area (Å²) < 4.78 is 18.2. The van der Waals surface area contributed by atoms with Crippen LogP contribution in [0.5, 0.6) is 5.75 Å². The third-order valence-corrected chi connectivity index (χ3v) is 2.77. The van der Waals surface area contributed by atoms with Gasteiger partial charge in [0.25, 0.3) is 0 Å². The van der Waals surface area contributed by atoms with Gasteiger partial charge in [-0.3, -0.25) is 0 Å². The summed E-state index contributed by atoms with van der Waals surface area (Å²) >= 11 is 4.27. The topological polar surface area (TPSA) is 9.23 Å². The van der Waals surface area contributed by atoms with Gasteiger partial charge in [-0.2, -0.15) is 12.6 Å². The van der Waals surface area contributed by atoms with Crippen molar-refractivity contribution in [2.45, 2.75) is 19.8 Å². The van der Waals surface area contributed by atoms with Gasteiger partial charge in [0.05, 0.1) is 6.61 Å². The fourth-order valence-corrected chi connectivity index (χ4v) is 1.67. The van der Waals surface area contributed by atoms with Crippen LogP contribution in [0.25, 0.3) is 0 Å². The van der Waals surface area contributed by atoms with Crippen molar-refractivity contribution in [2.24, 2.45) is 5.92 Å². The normalized spacial score (nSPS) is 12.5. The van der Waals surface area contributed by atoms with Crippen molar-refractivity contribution in [3.05, 3.63) is 30.1 Å². The average molecular weight is 228 g/mol. The predicted molar refractivity (Wildman–Crippen MR) is 64.1 cm³/mol. The number of halogens is 1. The average Bonchev–Trinajstić information content (AvgIpc) is 2.26. The number of thiol groups is 1. The Labute approximate surface area is 96.1 Å². The van der Waals surface area contributed by atoms with Crippen LogP contribution in [0.15, 0.2) is 24.3 Å². The monoisotopic (exact) mass is 228 g/mol. The largest absolute Gasteiger partial charge is 0.493 e. The van der Waals surface area contributed by atoms with Crippen LogP contribution in [-0.2, 0) is 0 Å². The van der Waals surface area contributed by atoms with E-state index in [1.807, 2.05) is 0 Å². The van der Waals surface area contributed by atoms with E-state index in [1.165, 1.54) is 12.1 Å². The van der Waals surface area contributed by atoms with Gasteiger partial charge < -0.3 is 4.74 Å². The second kappa shape index (κ2) is 6.72. The van der Waals surface area contributed by atoms with Gasteiger partial charge >= 0.3 is 0 Å². The molecule has 0 aliphatic rings. The van der Waals surface area contributed by atoms with E-state index in [1.54, 1.807) is 12.1 Å². The minimum Gasteiger partial charge on any atom is -0.493 e. The summed E-state index contributed by atoms with van der Waals surface area (Å²) in [7, 11) is 0. The summed E-state index contributed by atoms with van der Waals surface area (Å²) in [4.78, 5) is 0. The van der Waals surface area contributed by atoms with Gasteiger partial charge in [-0.25, -0.2) is 4.39 Å². The molecule has 0 aliphatic carbocycles. The van der Waals surface area contributed by atoms with Crippen molar-refractivity contribution in [1.29, 1.82) is 0 Å². The van der Waals surface area contributed by atoms with Gasteiger partial charge in [-0.05, 0) is 36.4 Å². The second-order valence-electron chi connectivity index (χ2n) is 3.60. The zero-order valence-corrected chi connectivity index (χ0v) is 9.84. The molecule has 1 aromatic carbocycles. The summed E-state index contributed by atoms with van der Waals surface area (Å²) in [5.74, 6) is 1.79. The zero-order valence-electron chi connectivity index (χ0n) is 8.95. The molecule has 3 heteroatoms. The Morgan fingerprint density at radius 1 is 1.33 bits per heavy atom. The molecule has 0 spiro atoms. The summed E-state index contributed by atoms with van der Waals surface area (Å²) in [6, 6.07) is 6.11. The molecule has 1 aromatic rings. The van der Waals surface area contributed by atoms with Gasteiger partial charge in [-0.1, -0.05) is 13.3 Å². The highest BCUT2D eigenvalue weighted by Gasteiger charge is 2.06. The molecule has 0 saturated carbocycles. The number of rotatable bonds is 6. The smallest absolute Gasteiger partial charge is 0.123 e. The van der Waals surface area contributed by atoms with Gasteiger partial charge in [0.1, 0.15) is 11.6 Å². The molecule has 1 unspecified atom stereocenters. The van der Waals surface area contributed by atoms with Crippen molar-refractivity contribution in [2.75, 3.05) is 12.4 Å². The lowest BCUT2D eigenvalue weighted by Gasteiger charge is -2.14. The molecule has 0 aliphatic heterocycles. The maximum Gasteiger partial charge on any atom is 0.123 e. The molecule has 0 heterocycles. The van der Waals surface area contributed by atoms with Crippen LogP contribution in [0.1, 0.15) is 19.8 Å². The highest BCUT2D eigenvalue weighted by Crippen LogP contribution is 2.14. The van der Waals surface area contributed by atoms with E-state index in [9.17, 15) is 4.39 Å². The first-order valence-electron chi connectivity index (χ1n) is 5.25. The molecule has 0 N–H and O–H groups in total. The number of hydrogen-bond acceptors (Lipinski definition) is 2. The Balaban J connectivity index is 2.38. The molecule has 0 aromatic heterocycles. The summed E-state index contributed by atoms with van der Waals surface area (Å²) in [5.41, 5.74) is 0. The van der Waals surface area contributed by atoms with Crippen LogP contribution < -0.4 is 4.74 Å². The molecule has 1 atom stereocenters. The second-order valence-corrected chi connectivity index (χ2v) is 3.97. The fraction of sp³-hybridized carbons (Fsp3) is 0.500. The molecular formula is C12H17FOS. The van der Waals surface area contributed by atoms with E-state index in [0.717, 1.165) is 24.3 Å². The maximum absolute atomic E-state index is 12.6. The fourth-order valence-electron chi connectivity index (χ4n) is 1.38. The molecule has 0 amide bonds. The van der Waals surface area contributed by atoms with Gasteiger partial charge in [0.15, 0.2) is 0 Å². The lowest BCUT2D eigenvalue weighted by atomic mass is 10.1. The van der Waals surface area contributed by atoms with Gasteiger partial charge in [0.2, 0.25) is 0 Å². The maximum atomic E-state index is 12.6. The standard InChI is InChI=1S/C12H17FOS/c1-2-3-10(9-15)8-14-12-6-4-11(13)5-7-12/h4-7,10,15H,2-3,8-9H2,1H3. The quantitative estimate of drug-likeness (QED) is 0.733. The minimum atomic E-state index is -0.235. The molecule has 15 heavy (non-hydrogen) atoms. The number of ether oxygens (including phenoxy) is 1. The molecule has 84 valence electrons. The van der Waals surface area contributed by atoms with E-state index >= 15 is 0 Å². The Bertz CT molecular complexity index is 273. The predicted octanol–water partition coefficient (Wildman–Crippen LogP) is 3.55. The van der Waals surface area contributed by atoms with Gasteiger partial charge in [-0.15, -0.1) is 0 Å². The zero-order chi connectivity index (χ0) is 11.1. The van der Waals surface area contributed by atoms with Gasteiger partial charge in [0, 0.05) is 5.92 Å². The van der Waals surface area contributed by atoms with Crippen LogP contribution >= 0.6 is 12.6 Å². The van der Waals surface area contributed by atoms with E-state index < -0.39 is 0 Å². The van der Waals surface area contributed by atoms with Crippen LogP contribution in [-0.4, -0.2) is 12.4 Å². The third-order valence-electron chi connectivity index (χ3n) is 2.25. The van der Waals surface area contributed by atoms with Crippen LogP contribution in [0.2, 0.25) is 0 Å². The first-order chi connectivity index (χ1) is 7.26. The van der Waals surface area contributed by atoms with E-state index in [0.29, 0.717) is 12.5 Å². The Hall–Kier alpha value is -0.700. The lowest BCUT2D eigenvalue weighted by molar-refractivity contribution is 0.254. The summed E-state index contributed by atoms with van der Waals surface area (Å²) in [6.45, 7) is 2.80. The molecule has 1 nitrogen and oxygen atoms in total. The summed E-state index contributed by atoms with van der Waals surface area (Å²) in [5, 5.41) is 0. The first-order valence-corrected chi connectivity index (χ1v) is 5.88. The van der Waals surface area contributed by atoms with Crippen molar-refractivity contribution in [3.8, 4) is 5.75 Å². The third kappa shape index (κ3) is 4.56. The molecular weight excluding hydrogens is 211 g/mol. The first kappa shape index (κ1) is 12.4. The number of benzene rings is 1. The summed E-state index contributed by atoms with van der Waals surface area (Å²) in [6.07, 6.45) is 2.25. The molecule has 0 saturated heterocycles. The van der Waals surface area contributed by atoms with Crippen molar-refractivity contribution < 1.29 is 9.13 Å². The molecule has 1 rings (SSSR count). The SMILES string of the molecule is CCCC(CS)COc1ccc(F)cc1. The Morgan fingerprint density at radius 2 is 2.00 bits per heavy atom. The van der Waals surface area contributed by atoms with Crippen LogP contribution in [0.3, 0.4) is 0 Å². The highest BCUT2D eigenvalue weighted by molar-refractivity contribution is 7.80. The van der Waals surface area contributed by atoms with E-state index in [-0.39, 0.29) is 5.82 Å². The minimum absolute atomic E-state index is 0.235. The molecule has 0 radical (unpaired) electrons. The van der Waals surface area contributed by atoms with Crippen molar-refractivity contribution in [1.82, 2.24) is 0 Å². The van der Waals surface area contributed by atoms with Crippen molar-refractivity contribution in [3.63, 3.8) is 0 Å². The molecule has 0 fully saturated rings. The van der Waals surface area contributed by atoms with Crippen molar-refractivity contribution >= 4 is 12.6 Å². The molecule has 0 bridgehead atoms. The van der Waals surface area contributed by atoms with E-state index in [4.69, 9.17) is 4.74 Å². The number of hydrogen-bond donors (Lipinski definition) is 1. The highest BCUT2D eigenvalue weighted by atomic mass is 32.1. The Kier molecular flexibility index (Phi) is 5.54. The van der Waals surface area contributed by atoms with Crippen LogP contribution in [0, 0.1) is 11.7 Å².